The van der Waals surface area contributed by atoms with Gasteiger partial charge in [0, 0.05) is 44.4 Å². The molecule has 2 amide bonds. The number of nitrogens with one attached hydrogen (secondary N) is 1. The van der Waals surface area contributed by atoms with Crippen LogP contribution in [0.4, 0.5) is 0 Å². The van der Waals surface area contributed by atoms with E-state index in [4.69, 9.17) is 0 Å². The zero-order valence-corrected chi connectivity index (χ0v) is 15.3. The van der Waals surface area contributed by atoms with Gasteiger partial charge in [-0.2, -0.15) is 0 Å². The number of carbonyl (C=O) groups excluding carboxylic acids is 2. The van der Waals surface area contributed by atoms with E-state index in [1.807, 2.05) is 24.3 Å². The molecule has 0 unspecified atom stereocenters. The van der Waals surface area contributed by atoms with Gasteiger partial charge in [-0.3, -0.25) is 19.6 Å². The van der Waals surface area contributed by atoms with E-state index in [-0.39, 0.29) is 11.8 Å². The lowest BCUT2D eigenvalue weighted by atomic mass is 9.99. The number of hydrogen-bond donors (Lipinski definition) is 1. The first kappa shape index (κ1) is 17.9. The van der Waals surface area contributed by atoms with Crippen molar-refractivity contribution in [2.24, 2.45) is 0 Å². The van der Waals surface area contributed by atoms with Crippen LogP contribution >= 0.6 is 0 Å². The Hall–Kier alpha value is -3.54. The normalized spacial score (nSPS) is 12.9. The Balaban J connectivity index is 1.44. The highest BCUT2D eigenvalue weighted by molar-refractivity contribution is 5.99. The van der Waals surface area contributed by atoms with E-state index >= 15 is 0 Å². The third kappa shape index (κ3) is 3.91. The Morgan fingerprint density at radius 1 is 0.964 bits per heavy atom. The summed E-state index contributed by atoms with van der Waals surface area (Å²) in [4.78, 5) is 35.2. The summed E-state index contributed by atoms with van der Waals surface area (Å²) in [6.07, 6.45) is 7.19. The molecule has 0 radical (unpaired) electrons. The molecule has 1 aliphatic rings. The lowest BCUT2D eigenvalue weighted by Gasteiger charge is -2.28. The maximum atomic E-state index is 12.9. The molecule has 0 fully saturated rings. The fourth-order valence-electron chi connectivity index (χ4n) is 3.32. The van der Waals surface area contributed by atoms with Crippen molar-refractivity contribution in [2.45, 2.75) is 19.5 Å². The van der Waals surface area contributed by atoms with Gasteiger partial charge in [-0.1, -0.05) is 24.3 Å². The molecular weight excluding hydrogens is 352 g/mol. The maximum absolute atomic E-state index is 12.9. The van der Waals surface area contributed by atoms with Gasteiger partial charge >= 0.3 is 0 Å². The zero-order chi connectivity index (χ0) is 19.3. The van der Waals surface area contributed by atoms with Crippen molar-refractivity contribution in [1.29, 1.82) is 0 Å². The summed E-state index contributed by atoms with van der Waals surface area (Å²) < 4.78 is 0. The summed E-state index contributed by atoms with van der Waals surface area (Å²) in [5.41, 5.74) is 4.21. The van der Waals surface area contributed by atoms with Crippen LogP contribution in [-0.2, 0) is 19.5 Å². The molecule has 6 heteroatoms. The van der Waals surface area contributed by atoms with Gasteiger partial charge in [-0.05, 0) is 41.3 Å². The van der Waals surface area contributed by atoms with Gasteiger partial charge in [0.2, 0.25) is 0 Å². The number of carbonyl (C=O) groups is 2. The molecule has 6 nitrogen and oxygen atoms in total. The highest BCUT2D eigenvalue weighted by Crippen LogP contribution is 2.20. The Kier molecular flexibility index (Phi) is 5.10. The van der Waals surface area contributed by atoms with Crippen LogP contribution in [0.1, 0.15) is 37.4 Å². The summed E-state index contributed by atoms with van der Waals surface area (Å²) in [6.45, 7) is 1.63. The predicted molar refractivity (Wildman–Crippen MR) is 105 cm³/mol. The first-order valence-electron chi connectivity index (χ1n) is 9.19. The molecule has 0 bridgehead atoms. The summed E-state index contributed by atoms with van der Waals surface area (Å²) >= 11 is 0. The average Bonchev–Trinajstić information content (AvgIpc) is 2.77. The van der Waals surface area contributed by atoms with Gasteiger partial charge in [0.1, 0.15) is 0 Å². The topological polar surface area (TPSA) is 75.2 Å². The molecule has 1 aliphatic heterocycles. The van der Waals surface area contributed by atoms with Crippen LogP contribution in [0.2, 0.25) is 0 Å². The number of amides is 2. The average molecular weight is 372 g/mol. The SMILES string of the molecule is O=C(NCc1ccncc1)c1cncc(C(=O)N2CCc3ccccc3C2)c1. The molecule has 2 aromatic heterocycles. The molecule has 3 heterocycles. The molecule has 4 rings (SSSR count). The van der Waals surface area contributed by atoms with Gasteiger partial charge in [0.05, 0.1) is 11.1 Å². The number of pyridine rings is 2. The molecule has 1 aromatic carbocycles. The number of fused-ring (bicyclic) bond motifs is 1. The van der Waals surface area contributed by atoms with Crippen LogP contribution in [-0.4, -0.2) is 33.2 Å². The highest BCUT2D eigenvalue weighted by atomic mass is 16.2. The van der Waals surface area contributed by atoms with Gasteiger partial charge in [-0.15, -0.1) is 0 Å². The van der Waals surface area contributed by atoms with Crippen LogP contribution in [0, 0.1) is 0 Å². The number of rotatable bonds is 4. The lowest BCUT2D eigenvalue weighted by Crippen LogP contribution is -2.36. The quantitative estimate of drug-likeness (QED) is 0.764. The monoisotopic (exact) mass is 372 g/mol. The first-order chi connectivity index (χ1) is 13.7. The van der Waals surface area contributed by atoms with Crippen LogP contribution < -0.4 is 5.32 Å². The van der Waals surface area contributed by atoms with Gasteiger partial charge < -0.3 is 10.2 Å². The Bertz CT molecular complexity index is 1000. The fraction of sp³-hybridized carbons (Fsp3) is 0.182. The largest absolute Gasteiger partial charge is 0.348 e. The smallest absolute Gasteiger partial charge is 0.255 e. The van der Waals surface area contributed by atoms with E-state index in [1.54, 1.807) is 23.4 Å². The minimum Gasteiger partial charge on any atom is -0.348 e. The summed E-state index contributed by atoms with van der Waals surface area (Å²) in [6, 6.07) is 13.5. The van der Waals surface area contributed by atoms with Crippen LogP contribution in [0.3, 0.4) is 0 Å². The lowest BCUT2D eigenvalue weighted by molar-refractivity contribution is 0.0734. The third-order valence-corrected chi connectivity index (χ3v) is 4.87. The van der Waals surface area contributed by atoms with Gasteiger partial charge in [0.25, 0.3) is 11.8 Å². The maximum Gasteiger partial charge on any atom is 0.255 e. The van der Waals surface area contributed by atoms with Crippen molar-refractivity contribution in [3.8, 4) is 0 Å². The molecule has 0 atom stereocenters. The van der Waals surface area contributed by atoms with E-state index in [2.05, 4.69) is 27.4 Å². The van der Waals surface area contributed by atoms with E-state index in [0.29, 0.717) is 30.8 Å². The third-order valence-electron chi connectivity index (χ3n) is 4.87. The first-order valence-corrected chi connectivity index (χ1v) is 9.19. The highest BCUT2D eigenvalue weighted by Gasteiger charge is 2.22. The fourth-order valence-corrected chi connectivity index (χ4v) is 3.32. The summed E-state index contributed by atoms with van der Waals surface area (Å²) in [7, 11) is 0. The Morgan fingerprint density at radius 2 is 1.71 bits per heavy atom. The summed E-state index contributed by atoms with van der Waals surface area (Å²) in [5.74, 6) is -0.367. The van der Waals surface area contributed by atoms with Crippen molar-refractivity contribution in [1.82, 2.24) is 20.2 Å². The second kappa shape index (κ2) is 8.00. The summed E-state index contributed by atoms with van der Waals surface area (Å²) in [5, 5.41) is 2.84. The molecule has 28 heavy (non-hydrogen) atoms. The van der Waals surface area contributed by atoms with Crippen molar-refractivity contribution >= 4 is 11.8 Å². The van der Waals surface area contributed by atoms with Crippen molar-refractivity contribution in [2.75, 3.05) is 6.54 Å². The molecule has 0 spiro atoms. The van der Waals surface area contributed by atoms with Crippen LogP contribution in [0.15, 0.2) is 67.3 Å². The number of nitrogens with zero attached hydrogens (tertiary/aromatic N) is 3. The number of benzene rings is 1. The molecule has 0 saturated carbocycles. The molecular formula is C22H20N4O2. The van der Waals surface area contributed by atoms with E-state index in [0.717, 1.165) is 12.0 Å². The molecule has 140 valence electrons. The van der Waals surface area contributed by atoms with E-state index in [9.17, 15) is 9.59 Å². The van der Waals surface area contributed by atoms with Crippen LogP contribution in [0.5, 0.6) is 0 Å². The van der Waals surface area contributed by atoms with Crippen molar-refractivity contribution in [3.05, 3.63) is 95.1 Å². The molecule has 1 N–H and O–H groups in total. The van der Waals surface area contributed by atoms with Gasteiger partial charge in [0.15, 0.2) is 0 Å². The Labute approximate surface area is 163 Å². The van der Waals surface area contributed by atoms with E-state index < -0.39 is 0 Å². The standard InChI is InChI=1S/C22H20N4O2/c27-21(25-12-16-5-8-23-9-6-16)19-11-20(14-24-13-19)22(28)26-10-7-17-3-1-2-4-18(17)15-26/h1-6,8-9,11,13-14H,7,10,12,15H2,(H,25,27). The molecule has 0 aliphatic carbocycles. The number of hydrogen-bond acceptors (Lipinski definition) is 4. The minimum atomic E-state index is -0.261. The molecule has 3 aromatic rings. The number of aromatic nitrogens is 2. The van der Waals surface area contributed by atoms with Crippen molar-refractivity contribution < 1.29 is 9.59 Å². The second-order valence-electron chi connectivity index (χ2n) is 6.75. The van der Waals surface area contributed by atoms with Crippen molar-refractivity contribution in [3.63, 3.8) is 0 Å². The minimum absolute atomic E-state index is 0.106. The zero-order valence-electron chi connectivity index (χ0n) is 15.3. The Morgan fingerprint density at radius 3 is 2.54 bits per heavy atom. The second-order valence-corrected chi connectivity index (χ2v) is 6.75. The molecule has 0 saturated heterocycles. The van der Waals surface area contributed by atoms with Crippen LogP contribution in [0.25, 0.3) is 0 Å². The van der Waals surface area contributed by atoms with Gasteiger partial charge in [-0.25, -0.2) is 0 Å². The van der Waals surface area contributed by atoms with E-state index in [1.165, 1.54) is 23.5 Å². The predicted octanol–water partition coefficient (Wildman–Crippen LogP) is 2.61.